The van der Waals surface area contributed by atoms with Gasteiger partial charge >= 0.3 is 0 Å². The van der Waals surface area contributed by atoms with Crippen molar-refractivity contribution in [3.63, 3.8) is 0 Å². The molecule has 0 radical (unpaired) electrons. The maximum atomic E-state index is 2.44. The smallest absolute Gasteiger partial charge is 0.00721 e. The molecule has 1 aliphatic carbocycles. The van der Waals surface area contributed by atoms with Crippen LogP contribution < -0.4 is 0 Å². The van der Waals surface area contributed by atoms with Crippen molar-refractivity contribution in [2.75, 3.05) is 0 Å². The second-order valence-electron chi connectivity index (χ2n) is 7.50. The number of fused-ring (bicyclic) bond motifs is 1. The van der Waals surface area contributed by atoms with E-state index in [1.165, 1.54) is 11.1 Å². The Morgan fingerprint density at radius 2 is 1.00 bits per heavy atom. The highest BCUT2D eigenvalue weighted by Gasteiger charge is 2.46. The predicted octanol–water partition coefficient (Wildman–Crippen LogP) is 5.14. The summed E-state index contributed by atoms with van der Waals surface area (Å²) in [5, 5.41) is 0. The monoisotopic (exact) mass is 244 g/mol. The molecule has 1 aliphatic rings. The normalized spacial score (nSPS) is 28.9. The van der Waals surface area contributed by atoms with Gasteiger partial charge in [-0.15, -0.1) is 0 Å². The highest BCUT2D eigenvalue weighted by atomic mass is 14.5. The minimum atomic E-state index is 0.280. The maximum Gasteiger partial charge on any atom is -0.00721 e. The van der Waals surface area contributed by atoms with E-state index in [1.807, 2.05) is 0 Å². The van der Waals surface area contributed by atoms with Crippen LogP contribution in [0.2, 0.25) is 0 Å². The van der Waals surface area contributed by atoms with Crippen LogP contribution in [0.15, 0.2) is 12.1 Å². The Kier molecular flexibility index (Phi) is 2.92. The van der Waals surface area contributed by atoms with E-state index in [4.69, 9.17) is 0 Å². The number of hydrogen-bond donors (Lipinski definition) is 0. The van der Waals surface area contributed by atoms with Crippen molar-refractivity contribution in [2.24, 2.45) is 11.8 Å². The predicted molar refractivity (Wildman–Crippen MR) is 80.3 cm³/mol. The lowest BCUT2D eigenvalue weighted by Gasteiger charge is -2.51. The van der Waals surface area contributed by atoms with Crippen LogP contribution in [0.1, 0.15) is 63.8 Å². The number of rotatable bonds is 0. The molecule has 0 saturated heterocycles. The number of benzene rings is 1. The third-order valence-electron chi connectivity index (χ3n) is 6.05. The molecule has 0 spiro atoms. The molecule has 0 amide bonds. The van der Waals surface area contributed by atoms with Gasteiger partial charge in [-0.3, -0.25) is 0 Å². The molecule has 0 N–H and O–H groups in total. The van der Waals surface area contributed by atoms with Gasteiger partial charge in [-0.1, -0.05) is 53.7 Å². The second-order valence-corrected chi connectivity index (χ2v) is 7.50. The Labute approximate surface area is 113 Å². The van der Waals surface area contributed by atoms with Crippen LogP contribution in [-0.2, 0) is 10.8 Å². The SMILES string of the molecule is Cc1cc2c(cc1C)C(C)(C)[C@H](C)[C@@H](C)C2(C)C. The third kappa shape index (κ3) is 1.65. The molecule has 0 heterocycles. The molecule has 0 nitrogen and oxygen atoms in total. The second kappa shape index (κ2) is 3.85. The van der Waals surface area contributed by atoms with Gasteiger partial charge in [0, 0.05) is 0 Å². The minimum Gasteiger partial charge on any atom is -0.0614 e. The molecule has 0 fully saturated rings. The topological polar surface area (TPSA) is 0 Å². The summed E-state index contributed by atoms with van der Waals surface area (Å²) >= 11 is 0. The van der Waals surface area contributed by atoms with Crippen LogP contribution in [-0.4, -0.2) is 0 Å². The maximum absolute atomic E-state index is 2.44. The lowest BCUT2D eigenvalue weighted by Crippen LogP contribution is -2.46. The summed E-state index contributed by atoms with van der Waals surface area (Å²) in [4.78, 5) is 0. The highest BCUT2D eigenvalue weighted by molar-refractivity contribution is 5.47. The van der Waals surface area contributed by atoms with E-state index in [0.29, 0.717) is 11.8 Å². The van der Waals surface area contributed by atoms with Crippen molar-refractivity contribution in [3.05, 3.63) is 34.4 Å². The molecule has 1 aromatic rings. The summed E-state index contributed by atoms with van der Waals surface area (Å²) in [6.45, 7) is 19.0. The van der Waals surface area contributed by atoms with Crippen molar-refractivity contribution < 1.29 is 0 Å². The molecule has 2 atom stereocenters. The summed E-state index contributed by atoms with van der Waals surface area (Å²) in [6.07, 6.45) is 0. The zero-order valence-electron chi connectivity index (χ0n) is 13.3. The van der Waals surface area contributed by atoms with Gasteiger partial charge in [-0.05, 0) is 58.8 Å². The summed E-state index contributed by atoms with van der Waals surface area (Å²) in [6, 6.07) is 4.88. The van der Waals surface area contributed by atoms with E-state index < -0.39 is 0 Å². The van der Waals surface area contributed by atoms with E-state index >= 15 is 0 Å². The van der Waals surface area contributed by atoms with Gasteiger partial charge in [0.25, 0.3) is 0 Å². The van der Waals surface area contributed by atoms with Gasteiger partial charge in [-0.25, -0.2) is 0 Å². The first kappa shape index (κ1) is 13.6. The lowest BCUT2D eigenvalue weighted by molar-refractivity contribution is 0.144. The van der Waals surface area contributed by atoms with E-state index in [9.17, 15) is 0 Å². The van der Waals surface area contributed by atoms with Crippen LogP contribution in [0.3, 0.4) is 0 Å². The first-order chi connectivity index (χ1) is 8.10. The van der Waals surface area contributed by atoms with Crippen molar-refractivity contribution in [1.82, 2.24) is 0 Å². The molecule has 0 saturated carbocycles. The van der Waals surface area contributed by atoms with Gasteiger partial charge in [0.2, 0.25) is 0 Å². The van der Waals surface area contributed by atoms with Crippen LogP contribution in [0.4, 0.5) is 0 Å². The number of hydrogen-bond acceptors (Lipinski definition) is 0. The summed E-state index contributed by atoms with van der Waals surface area (Å²) < 4.78 is 0. The van der Waals surface area contributed by atoms with Crippen LogP contribution in [0.25, 0.3) is 0 Å². The van der Waals surface area contributed by atoms with Crippen molar-refractivity contribution in [2.45, 2.75) is 66.2 Å². The van der Waals surface area contributed by atoms with E-state index in [2.05, 4.69) is 67.5 Å². The van der Waals surface area contributed by atoms with Gasteiger partial charge in [0.15, 0.2) is 0 Å². The quantitative estimate of drug-likeness (QED) is 0.592. The molecule has 18 heavy (non-hydrogen) atoms. The van der Waals surface area contributed by atoms with Gasteiger partial charge in [0.1, 0.15) is 0 Å². The van der Waals surface area contributed by atoms with Gasteiger partial charge in [0.05, 0.1) is 0 Å². The standard InChI is InChI=1S/C18H28/c1-11-9-15-16(10-12(11)2)18(7,8)14(4)13(3)17(15,5)6/h9-10,13-14H,1-8H3/t13-,14-/m1/s1. The van der Waals surface area contributed by atoms with E-state index in [1.54, 1.807) is 11.1 Å². The van der Waals surface area contributed by atoms with Crippen molar-refractivity contribution in [3.8, 4) is 0 Å². The summed E-state index contributed by atoms with van der Waals surface area (Å²) in [7, 11) is 0. The molecular weight excluding hydrogens is 216 g/mol. The Morgan fingerprint density at radius 3 is 1.28 bits per heavy atom. The highest BCUT2D eigenvalue weighted by Crippen LogP contribution is 2.52. The Hall–Kier alpha value is -0.780. The van der Waals surface area contributed by atoms with Gasteiger partial charge in [-0.2, -0.15) is 0 Å². The van der Waals surface area contributed by atoms with Crippen molar-refractivity contribution >= 4 is 0 Å². The van der Waals surface area contributed by atoms with Crippen molar-refractivity contribution in [1.29, 1.82) is 0 Å². The minimum absolute atomic E-state index is 0.280. The average Bonchev–Trinajstić information content (AvgIpc) is 2.28. The number of aryl methyl sites for hydroxylation is 2. The molecular formula is C18H28. The fourth-order valence-corrected chi connectivity index (χ4v) is 3.62. The van der Waals surface area contributed by atoms with Crippen LogP contribution >= 0.6 is 0 Å². The fraction of sp³-hybridized carbons (Fsp3) is 0.667. The molecule has 0 bridgehead atoms. The molecule has 0 aromatic heterocycles. The lowest BCUT2D eigenvalue weighted by atomic mass is 9.53. The fourth-order valence-electron chi connectivity index (χ4n) is 3.62. The Bertz CT molecular complexity index is 432. The average molecular weight is 244 g/mol. The largest absolute Gasteiger partial charge is 0.0614 e. The molecule has 0 heteroatoms. The Balaban J connectivity index is 2.78. The first-order valence-corrected chi connectivity index (χ1v) is 7.22. The van der Waals surface area contributed by atoms with E-state index in [0.717, 1.165) is 0 Å². The van der Waals surface area contributed by atoms with E-state index in [-0.39, 0.29) is 10.8 Å². The zero-order valence-corrected chi connectivity index (χ0v) is 13.3. The summed E-state index contributed by atoms with van der Waals surface area (Å²) in [5.41, 5.74) is 6.56. The van der Waals surface area contributed by atoms with Crippen LogP contribution in [0, 0.1) is 25.7 Å². The summed E-state index contributed by atoms with van der Waals surface area (Å²) in [5.74, 6) is 1.42. The third-order valence-corrected chi connectivity index (χ3v) is 6.05. The molecule has 2 rings (SSSR count). The first-order valence-electron chi connectivity index (χ1n) is 7.22. The molecule has 100 valence electrons. The van der Waals surface area contributed by atoms with Crippen LogP contribution in [0.5, 0.6) is 0 Å². The van der Waals surface area contributed by atoms with Gasteiger partial charge < -0.3 is 0 Å². The molecule has 0 unspecified atom stereocenters. The molecule has 0 aliphatic heterocycles. The molecule has 1 aromatic carbocycles. The zero-order chi connectivity index (χ0) is 13.9. The Morgan fingerprint density at radius 1 is 0.722 bits per heavy atom.